The third-order valence-corrected chi connectivity index (χ3v) is 3.01. The summed E-state index contributed by atoms with van der Waals surface area (Å²) in [6.07, 6.45) is 3.38. The Kier molecular flexibility index (Phi) is 3.99. The molecule has 2 rings (SSSR count). The highest BCUT2D eigenvalue weighted by Crippen LogP contribution is 2.07. The average molecular weight is 251 g/mol. The zero-order valence-electron chi connectivity index (χ0n) is 10.0. The number of H-pyrrole nitrogens is 1. The van der Waals surface area contributed by atoms with Crippen LogP contribution in [0.5, 0.6) is 5.88 Å². The summed E-state index contributed by atoms with van der Waals surface area (Å²) in [5, 5.41) is 15.3. The number of aromatic amines is 1. The van der Waals surface area contributed by atoms with Crippen LogP contribution in [0.4, 0.5) is 0 Å². The number of carbonyl (C=O) groups excluding carboxylic acids is 1. The molecule has 2 heterocycles. The van der Waals surface area contributed by atoms with Crippen LogP contribution in [-0.2, 0) is 0 Å². The van der Waals surface area contributed by atoms with E-state index in [1.807, 2.05) is 0 Å². The van der Waals surface area contributed by atoms with Crippen LogP contribution < -0.4 is 16.2 Å². The van der Waals surface area contributed by atoms with Crippen LogP contribution in [0.25, 0.3) is 0 Å². The second-order valence-electron chi connectivity index (χ2n) is 4.48. The molecule has 0 bridgehead atoms. The smallest absolute Gasteiger partial charge is 0.251 e. The fourth-order valence-corrected chi connectivity index (χ4v) is 2.08. The fourth-order valence-electron chi connectivity index (χ4n) is 2.08. The van der Waals surface area contributed by atoms with E-state index in [2.05, 4.69) is 15.6 Å². The highest BCUT2D eigenvalue weighted by atomic mass is 16.3. The predicted molar refractivity (Wildman–Crippen MR) is 66.7 cm³/mol. The minimum absolute atomic E-state index is 0.173. The number of rotatable bonds is 3. The quantitative estimate of drug-likeness (QED) is 0.606. The minimum atomic E-state index is -0.490. The molecule has 1 saturated heterocycles. The Hall–Kier alpha value is -1.82. The molecule has 1 fully saturated rings. The zero-order chi connectivity index (χ0) is 13.0. The number of nitrogens with one attached hydrogen (secondary N) is 3. The van der Waals surface area contributed by atoms with E-state index < -0.39 is 5.56 Å². The van der Waals surface area contributed by atoms with Crippen molar-refractivity contribution in [3.8, 4) is 5.88 Å². The second kappa shape index (κ2) is 5.68. The van der Waals surface area contributed by atoms with Gasteiger partial charge in [0.05, 0.1) is 5.56 Å². The van der Waals surface area contributed by atoms with Gasteiger partial charge in [0.15, 0.2) is 5.88 Å². The van der Waals surface area contributed by atoms with E-state index in [0.717, 1.165) is 13.0 Å². The number of amides is 1. The molecule has 18 heavy (non-hydrogen) atoms. The molecule has 6 nitrogen and oxygen atoms in total. The van der Waals surface area contributed by atoms with Gasteiger partial charge < -0.3 is 15.7 Å². The molecule has 0 aliphatic carbocycles. The van der Waals surface area contributed by atoms with Gasteiger partial charge in [-0.15, -0.1) is 0 Å². The van der Waals surface area contributed by atoms with Crippen molar-refractivity contribution in [2.45, 2.75) is 25.3 Å². The molecule has 1 aliphatic heterocycles. The van der Waals surface area contributed by atoms with Crippen molar-refractivity contribution in [2.75, 3.05) is 13.1 Å². The first kappa shape index (κ1) is 12.6. The first-order valence-electron chi connectivity index (χ1n) is 6.10. The van der Waals surface area contributed by atoms with Crippen molar-refractivity contribution in [2.24, 2.45) is 0 Å². The average Bonchev–Trinajstić information content (AvgIpc) is 2.36. The lowest BCUT2D eigenvalue weighted by Gasteiger charge is -2.23. The molecule has 0 aromatic carbocycles. The van der Waals surface area contributed by atoms with Crippen molar-refractivity contribution >= 4 is 5.91 Å². The van der Waals surface area contributed by atoms with Crippen molar-refractivity contribution < 1.29 is 9.90 Å². The fraction of sp³-hybridized carbons (Fsp3) is 0.500. The molecule has 0 saturated carbocycles. The summed E-state index contributed by atoms with van der Waals surface area (Å²) in [6, 6.07) is 2.70. The van der Waals surface area contributed by atoms with Crippen LogP contribution in [0, 0.1) is 0 Å². The maximum Gasteiger partial charge on any atom is 0.251 e. The van der Waals surface area contributed by atoms with Crippen LogP contribution in [0.15, 0.2) is 16.9 Å². The molecule has 1 unspecified atom stereocenters. The third kappa shape index (κ3) is 3.33. The second-order valence-corrected chi connectivity index (χ2v) is 4.48. The van der Waals surface area contributed by atoms with Crippen LogP contribution in [0.3, 0.4) is 0 Å². The first-order valence-corrected chi connectivity index (χ1v) is 6.10. The molecule has 1 atom stereocenters. The summed E-state index contributed by atoms with van der Waals surface area (Å²) in [7, 11) is 0. The number of aromatic nitrogens is 1. The van der Waals surface area contributed by atoms with E-state index in [9.17, 15) is 14.7 Å². The van der Waals surface area contributed by atoms with Gasteiger partial charge in [0.1, 0.15) is 0 Å². The predicted octanol–water partition coefficient (Wildman–Crippen LogP) is -0.0476. The monoisotopic (exact) mass is 251 g/mol. The molecule has 4 N–H and O–H groups in total. The Labute approximate surface area is 104 Å². The van der Waals surface area contributed by atoms with Crippen molar-refractivity contribution in [3.63, 3.8) is 0 Å². The summed E-state index contributed by atoms with van der Waals surface area (Å²) < 4.78 is 0. The van der Waals surface area contributed by atoms with Crippen LogP contribution in [0.1, 0.15) is 29.6 Å². The molecule has 1 aliphatic rings. The zero-order valence-corrected chi connectivity index (χ0v) is 10.0. The standard InChI is InChI=1S/C12H17N3O3/c16-10-5-8(6-11(17)15-10)12(18)14-7-9-3-1-2-4-13-9/h5-6,9,13H,1-4,7H2,(H,14,18)(H2,15,16,17). The van der Waals surface area contributed by atoms with E-state index >= 15 is 0 Å². The Balaban J connectivity index is 1.92. The summed E-state index contributed by atoms with van der Waals surface area (Å²) in [6.45, 7) is 1.51. The molecule has 1 aromatic heterocycles. The summed E-state index contributed by atoms with van der Waals surface area (Å²) >= 11 is 0. The number of hydrogen-bond donors (Lipinski definition) is 4. The lowest BCUT2D eigenvalue weighted by molar-refractivity contribution is 0.0947. The van der Waals surface area contributed by atoms with E-state index in [1.165, 1.54) is 25.0 Å². The van der Waals surface area contributed by atoms with Crippen molar-refractivity contribution in [3.05, 3.63) is 28.0 Å². The molecular weight excluding hydrogens is 234 g/mol. The number of piperidine rings is 1. The van der Waals surface area contributed by atoms with Crippen molar-refractivity contribution in [1.29, 1.82) is 0 Å². The van der Waals surface area contributed by atoms with E-state index in [4.69, 9.17) is 0 Å². The first-order chi connectivity index (χ1) is 8.65. The molecule has 0 radical (unpaired) electrons. The topological polar surface area (TPSA) is 94.2 Å². The van der Waals surface area contributed by atoms with E-state index in [1.54, 1.807) is 0 Å². The number of hydrogen-bond acceptors (Lipinski definition) is 4. The van der Waals surface area contributed by atoms with Crippen LogP contribution in [0.2, 0.25) is 0 Å². The lowest BCUT2D eigenvalue weighted by atomic mass is 10.1. The number of aromatic hydroxyl groups is 1. The van der Waals surface area contributed by atoms with Gasteiger partial charge in [0.25, 0.3) is 11.5 Å². The maximum absolute atomic E-state index is 11.8. The van der Waals surface area contributed by atoms with Crippen molar-refractivity contribution in [1.82, 2.24) is 15.6 Å². The van der Waals surface area contributed by atoms with Gasteiger partial charge in [-0.25, -0.2) is 0 Å². The number of pyridine rings is 1. The van der Waals surface area contributed by atoms with Gasteiger partial charge in [-0.1, -0.05) is 6.42 Å². The Morgan fingerprint density at radius 1 is 1.44 bits per heavy atom. The Morgan fingerprint density at radius 2 is 2.28 bits per heavy atom. The highest BCUT2D eigenvalue weighted by molar-refractivity contribution is 5.94. The Bertz CT molecular complexity index is 478. The van der Waals surface area contributed by atoms with Gasteiger partial charge in [-0.2, -0.15) is 0 Å². The number of carbonyl (C=O) groups is 1. The lowest BCUT2D eigenvalue weighted by Crippen LogP contribution is -2.43. The molecule has 1 aromatic rings. The summed E-state index contributed by atoms with van der Waals surface area (Å²) in [5.74, 6) is -0.646. The molecule has 98 valence electrons. The highest BCUT2D eigenvalue weighted by Gasteiger charge is 2.14. The van der Waals surface area contributed by atoms with Crippen LogP contribution in [-0.4, -0.2) is 35.1 Å². The van der Waals surface area contributed by atoms with Gasteiger partial charge >= 0.3 is 0 Å². The third-order valence-electron chi connectivity index (χ3n) is 3.01. The SMILES string of the molecule is O=C(NCC1CCCCN1)c1cc(O)[nH]c(=O)c1. The van der Waals surface area contributed by atoms with E-state index in [0.29, 0.717) is 12.6 Å². The van der Waals surface area contributed by atoms with Crippen LogP contribution >= 0.6 is 0 Å². The Morgan fingerprint density at radius 3 is 2.94 bits per heavy atom. The minimum Gasteiger partial charge on any atom is -0.494 e. The van der Waals surface area contributed by atoms with Gasteiger partial charge in [0, 0.05) is 24.7 Å². The largest absolute Gasteiger partial charge is 0.494 e. The molecular formula is C12H17N3O3. The molecule has 0 spiro atoms. The molecule has 1 amide bonds. The molecule has 6 heteroatoms. The summed E-state index contributed by atoms with van der Waals surface area (Å²) in [5.41, 5.74) is -0.317. The summed E-state index contributed by atoms with van der Waals surface area (Å²) in [4.78, 5) is 25.1. The van der Waals surface area contributed by atoms with Gasteiger partial charge in [-0.05, 0) is 19.4 Å². The maximum atomic E-state index is 11.8. The van der Waals surface area contributed by atoms with Gasteiger partial charge in [0.2, 0.25) is 0 Å². The van der Waals surface area contributed by atoms with E-state index in [-0.39, 0.29) is 17.4 Å². The normalized spacial score (nSPS) is 19.4. The van der Waals surface area contributed by atoms with Gasteiger partial charge in [-0.3, -0.25) is 14.6 Å².